The highest BCUT2D eigenvalue weighted by molar-refractivity contribution is 5.95. The molecule has 5 heteroatoms. The number of fused-ring (bicyclic) bond motifs is 1. The van der Waals surface area contributed by atoms with Crippen molar-refractivity contribution in [3.05, 3.63) is 84.6 Å². The summed E-state index contributed by atoms with van der Waals surface area (Å²) in [5.41, 5.74) is 4.20. The van der Waals surface area contributed by atoms with E-state index in [1.54, 1.807) is 6.20 Å². The van der Waals surface area contributed by atoms with Crippen LogP contribution in [0.2, 0.25) is 0 Å². The molecule has 5 nitrogen and oxygen atoms in total. The third-order valence-corrected chi connectivity index (χ3v) is 5.86. The summed E-state index contributed by atoms with van der Waals surface area (Å²) < 4.78 is 6.16. The Morgan fingerprint density at radius 1 is 0.871 bits per heavy atom. The normalized spacial score (nSPS) is 14.7. The minimum absolute atomic E-state index is 0.456. The molecule has 0 aliphatic carbocycles. The Morgan fingerprint density at radius 2 is 1.71 bits per heavy atom. The number of rotatable bonds is 5. The molecule has 1 aliphatic rings. The third kappa shape index (κ3) is 4.37. The van der Waals surface area contributed by atoms with Crippen LogP contribution in [0, 0.1) is 0 Å². The van der Waals surface area contributed by atoms with Gasteiger partial charge in [-0.05, 0) is 36.7 Å². The van der Waals surface area contributed by atoms with E-state index >= 15 is 0 Å². The molecule has 0 radical (unpaired) electrons. The fourth-order valence-electron chi connectivity index (χ4n) is 4.05. The molecule has 0 unspecified atom stereocenters. The van der Waals surface area contributed by atoms with Crippen molar-refractivity contribution in [2.75, 3.05) is 38.1 Å². The molecule has 0 bridgehead atoms. The SMILES string of the molecule is CN1CCN(c2cccc3ccc(OCc4cnnc(-c5ccccc5)c4)cc23)CC1. The number of anilines is 1. The summed E-state index contributed by atoms with van der Waals surface area (Å²) in [6.45, 7) is 4.73. The molecule has 31 heavy (non-hydrogen) atoms. The molecule has 0 N–H and O–H groups in total. The molecule has 1 fully saturated rings. The van der Waals surface area contributed by atoms with Gasteiger partial charge in [0.25, 0.3) is 0 Å². The van der Waals surface area contributed by atoms with Crippen molar-refractivity contribution in [3.8, 4) is 17.0 Å². The molecular weight excluding hydrogens is 384 g/mol. The monoisotopic (exact) mass is 410 g/mol. The average molecular weight is 411 g/mol. The van der Waals surface area contributed by atoms with Gasteiger partial charge in [0.05, 0.1) is 11.9 Å². The number of benzene rings is 3. The second-order valence-corrected chi connectivity index (χ2v) is 8.05. The molecule has 1 saturated heterocycles. The Bertz CT molecular complexity index is 1170. The lowest BCUT2D eigenvalue weighted by molar-refractivity contribution is 0.306. The average Bonchev–Trinajstić information content (AvgIpc) is 2.83. The topological polar surface area (TPSA) is 41.5 Å². The standard InChI is InChI=1S/C26H26N4O/c1-29-12-14-30(15-13-29)26-9-5-8-21-10-11-23(17-24(21)26)31-19-20-16-25(28-27-18-20)22-6-3-2-4-7-22/h2-11,16-18H,12-15,19H2,1H3. The van der Waals surface area contributed by atoms with Crippen molar-refractivity contribution in [3.63, 3.8) is 0 Å². The Labute approximate surface area is 182 Å². The maximum absolute atomic E-state index is 6.16. The first-order valence-corrected chi connectivity index (χ1v) is 10.7. The van der Waals surface area contributed by atoms with E-state index in [0.29, 0.717) is 6.61 Å². The van der Waals surface area contributed by atoms with Crippen LogP contribution in [-0.2, 0) is 6.61 Å². The van der Waals surface area contributed by atoms with Crippen LogP contribution in [0.5, 0.6) is 5.75 Å². The van der Waals surface area contributed by atoms with Gasteiger partial charge in [-0.1, -0.05) is 48.5 Å². The lowest BCUT2D eigenvalue weighted by Crippen LogP contribution is -2.44. The summed E-state index contributed by atoms with van der Waals surface area (Å²) in [6.07, 6.45) is 1.77. The zero-order valence-corrected chi connectivity index (χ0v) is 17.7. The number of hydrogen-bond donors (Lipinski definition) is 0. The van der Waals surface area contributed by atoms with Gasteiger partial charge in [-0.25, -0.2) is 0 Å². The van der Waals surface area contributed by atoms with Crippen molar-refractivity contribution in [2.24, 2.45) is 0 Å². The fraction of sp³-hybridized carbons (Fsp3) is 0.231. The molecular formula is C26H26N4O. The first-order valence-electron chi connectivity index (χ1n) is 10.7. The van der Waals surface area contributed by atoms with Gasteiger partial charge in [-0.15, -0.1) is 0 Å². The number of likely N-dealkylation sites (N-methyl/N-ethyl adjacent to an activating group) is 1. The third-order valence-electron chi connectivity index (χ3n) is 5.86. The minimum atomic E-state index is 0.456. The Hall–Kier alpha value is -3.44. The van der Waals surface area contributed by atoms with Gasteiger partial charge in [-0.3, -0.25) is 0 Å². The van der Waals surface area contributed by atoms with E-state index in [1.165, 1.54) is 16.5 Å². The van der Waals surface area contributed by atoms with Gasteiger partial charge in [-0.2, -0.15) is 10.2 Å². The van der Waals surface area contributed by atoms with E-state index in [-0.39, 0.29) is 0 Å². The van der Waals surface area contributed by atoms with Crippen LogP contribution >= 0.6 is 0 Å². The van der Waals surface area contributed by atoms with Crippen LogP contribution in [0.3, 0.4) is 0 Å². The minimum Gasteiger partial charge on any atom is -0.489 e. The van der Waals surface area contributed by atoms with E-state index in [4.69, 9.17) is 4.74 Å². The van der Waals surface area contributed by atoms with Crippen LogP contribution in [0.1, 0.15) is 5.56 Å². The first-order chi connectivity index (χ1) is 15.3. The zero-order chi connectivity index (χ0) is 21.0. The predicted octanol–water partition coefficient (Wildman–Crippen LogP) is 4.63. The summed E-state index contributed by atoms with van der Waals surface area (Å²) in [6, 6.07) is 25.0. The highest BCUT2D eigenvalue weighted by atomic mass is 16.5. The van der Waals surface area contributed by atoms with Gasteiger partial charge in [0.15, 0.2) is 0 Å². The lowest BCUT2D eigenvalue weighted by atomic mass is 10.1. The van der Waals surface area contributed by atoms with E-state index in [9.17, 15) is 0 Å². The van der Waals surface area contributed by atoms with Gasteiger partial charge in [0.1, 0.15) is 12.4 Å². The summed E-state index contributed by atoms with van der Waals surface area (Å²) in [5.74, 6) is 0.868. The largest absolute Gasteiger partial charge is 0.489 e. The van der Waals surface area contributed by atoms with Gasteiger partial charge < -0.3 is 14.5 Å². The maximum Gasteiger partial charge on any atom is 0.120 e. The van der Waals surface area contributed by atoms with Gasteiger partial charge >= 0.3 is 0 Å². The second-order valence-electron chi connectivity index (χ2n) is 8.05. The number of piperazine rings is 1. The highest BCUT2D eigenvalue weighted by Gasteiger charge is 2.16. The molecule has 3 aromatic carbocycles. The van der Waals surface area contributed by atoms with Crippen LogP contribution in [0.4, 0.5) is 5.69 Å². The lowest BCUT2D eigenvalue weighted by Gasteiger charge is -2.34. The van der Waals surface area contributed by atoms with Crippen molar-refractivity contribution in [1.82, 2.24) is 15.1 Å². The Morgan fingerprint density at radius 3 is 2.55 bits per heavy atom. The number of hydrogen-bond acceptors (Lipinski definition) is 5. The van der Waals surface area contributed by atoms with Crippen LogP contribution in [-0.4, -0.2) is 48.3 Å². The summed E-state index contributed by atoms with van der Waals surface area (Å²) in [5, 5.41) is 10.9. The van der Waals surface area contributed by atoms with Crippen molar-refractivity contribution >= 4 is 16.5 Å². The van der Waals surface area contributed by atoms with Gasteiger partial charge in [0, 0.05) is 48.4 Å². The summed E-state index contributed by atoms with van der Waals surface area (Å²) >= 11 is 0. The molecule has 5 rings (SSSR count). The van der Waals surface area contributed by atoms with Crippen LogP contribution in [0.15, 0.2) is 79.0 Å². The highest BCUT2D eigenvalue weighted by Crippen LogP contribution is 2.31. The Kier molecular flexibility index (Phi) is 5.50. The van der Waals surface area contributed by atoms with E-state index in [2.05, 4.69) is 57.4 Å². The molecule has 1 aliphatic heterocycles. The molecule has 1 aromatic heterocycles. The summed E-state index contributed by atoms with van der Waals surface area (Å²) in [4.78, 5) is 4.85. The van der Waals surface area contributed by atoms with E-state index in [0.717, 1.165) is 48.7 Å². The maximum atomic E-state index is 6.16. The fourth-order valence-corrected chi connectivity index (χ4v) is 4.05. The summed E-state index contributed by atoms with van der Waals surface area (Å²) in [7, 11) is 2.18. The molecule has 0 spiro atoms. The smallest absolute Gasteiger partial charge is 0.120 e. The van der Waals surface area contributed by atoms with Gasteiger partial charge in [0.2, 0.25) is 0 Å². The molecule has 0 amide bonds. The molecule has 0 saturated carbocycles. The Balaban J connectivity index is 1.36. The quantitative estimate of drug-likeness (QED) is 0.480. The van der Waals surface area contributed by atoms with Crippen molar-refractivity contribution in [2.45, 2.75) is 6.61 Å². The molecule has 156 valence electrons. The second kappa shape index (κ2) is 8.74. The number of nitrogens with zero attached hydrogens (tertiary/aromatic N) is 4. The zero-order valence-electron chi connectivity index (χ0n) is 17.7. The van der Waals surface area contributed by atoms with Crippen LogP contribution in [0.25, 0.3) is 22.0 Å². The van der Waals surface area contributed by atoms with E-state index < -0.39 is 0 Å². The molecule has 2 heterocycles. The number of aromatic nitrogens is 2. The molecule has 4 aromatic rings. The van der Waals surface area contributed by atoms with E-state index in [1.807, 2.05) is 42.5 Å². The first kappa shape index (κ1) is 19.5. The number of ether oxygens (including phenoxy) is 1. The van der Waals surface area contributed by atoms with Crippen LogP contribution < -0.4 is 9.64 Å². The molecule has 0 atom stereocenters. The van der Waals surface area contributed by atoms with Crippen molar-refractivity contribution in [1.29, 1.82) is 0 Å². The predicted molar refractivity (Wildman–Crippen MR) is 125 cm³/mol. The van der Waals surface area contributed by atoms with Crippen molar-refractivity contribution < 1.29 is 4.74 Å².